The SMILES string of the molecule is CC(C)(C)[C@H]1COC(C(=O)O)=N1. The summed E-state index contributed by atoms with van der Waals surface area (Å²) < 4.78 is 4.90. The van der Waals surface area contributed by atoms with E-state index in [-0.39, 0.29) is 17.4 Å². The van der Waals surface area contributed by atoms with Gasteiger partial charge in [0.15, 0.2) is 0 Å². The molecule has 4 heteroatoms. The van der Waals surface area contributed by atoms with Gasteiger partial charge >= 0.3 is 5.97 Å². The molecule has 0 aromatic rings. The van der Waals surface area contributed by atoms with Crippen molar-refractivity contribution >= 4 is 11.9 Å². The van der Waals surface area contributed by atoms with E-state index >= 15 is 0 Å². The van der Waals surface area contributed by atoms with Crippen LogP contribution in [0.2, 0.25) is 0 Å². The molecule has 1 aliphatic heterocycles. The fraction of sp³-hybridized carbons (Fsp3) is 0.750. The van der Waals surface area contributed by atoms with Gasteiger partial charge in [0.2, 0.25) is 0 Å². The number of aliphatic carboxylic acids is 1. The van der Waals surface area contributed by atoms with Crippen LogP contribution in [0.25, 0.3) is 0 Å². The third-order valence-corrected chi connectivity index (χ3v) is 1.83. The predicted octanol–water partition coefficient (Wildman–Crippen LogP) is 0.914. The highest BCUT2D eigenvalue weighted by molar-refractivity contribution is 6.32. The van der Waals surface area contributed by atoms with E-state index in [1.54, 1.807) is 0 Å². The lowest BCUT2D eigenvalue weighted by molar-refractivity contribution is -0.130. The van der Waals surface area contributed by atoms with Crippen molar-refractivity contribution in [2.45, 2.75) is 26.8 Å². The molecule has 0 spiro atoms. The number of carbonyl (C=O) groups is 1. The number of nitrogens with zero attached hydrogens (tertiary/aromatic N) is 1. The summed E-state index contributed by atoms with van der Waals surface area (Å²) in [5, 5.41) is 8.54. The minimum atomic E-state index is -1.08. The molecule has 0 aromatic heterocycles. The Kier molecular flexibility index (Phi) is 2.08. The number of carboxylic acid groups (broad SMARTS) is 1. The highest BCUT2D eigenvalue weighted by Crippen LogP contribution is 2.25. The highest BCUT2D eigenvalue weighted by atomic mass is 16.5. The standard InChI is InChI=1S/C8H13NO3/c1-8(2,3)5-4-12-6(9-5)7(10)11/h5H,4H2,1-3H3,(H,10,11)/t5-/m1/s1. The van der Waals surface area contributed by atoms with Gasteiger partial charge in [0.05, 0.1) is 6.04 Å². The van der Waals surface area contributed by atoms with Crippen LogP contribution in [0.4, 0.5) is 0 Å². The first-order valence-electron chi connectivity index (χ1n) is 3.85. The molecule has 1 aliphatic rings. The molecule has 1 heterocycles. The maximum atomic E-state index is 10.4. The van der Waals surface area contributed by atoms with E-state index in [9.17, 15) is 4.79 Å². The molecule has 0 fully saturated rings. The predicted molar refractivity (Wildman–Crippen MR) is 44.3 cm³/mol. The number of hydrogen-bond donors (Lipinski definition) is 1. The lowest BCUT2D eigenvalue weighted by Crippen LogP contribution is -2.25. The first-order chi connectivity index (χ1) is 5.41. The van der Waals surface area contributed by atoms with Crippen LogP contribution in [0.15, 0.2) is 4.99 Å². The zero-order chi connectivity index (χ0) is 9.35. The third-order valence-electron chi connectivity index (χ3n) is 1.83. The molecule has 0 amide bonds. The van der Waals surface area contributed by atoms with E-state index < -0.39 is 5.97 Å². The number of rotatable bonds is 1. The van der Waals surface area contributed by atoms with Gasteiger partial charge in [0.25, 0.3) is 5.90 Å². The molecule has 1 rings (SSSR count). The van der Waals surface area contributed by atoms with Crippen molar-refractivity contribution in [1.29, 1.82) is 0 Å². The Balaban J connectivity index is 2.71. The Morgan fingerprint density at radius 3 is 2.50 bits per heavy atom. The zero-order valence-corrected chi connectivity index (χ0v) is 7.50. The largest absolute Gasteiger partial charge is 0.474 e. The number of ether oxygens (including phenoxy) is 1. The van der Waals surface area contributed by atoms with Crippen LogP contribution in [-0.2, 0) is 9.53 Å². The minimum Gasteiger partial charge on any atom is -0.474 e. The summed E-state index contributed by atoms with van der Waals surface area (Å²) in [5.74, 6) is -1.24. The van der Waals surface area contributed by atoms with Crippen LogP contribution < -0.4 is 0 Å². The van der Waals surface area contributed by atoms with E-state index in [1.165, 1.54) is 0 Å². The van der Waals surface area contributed by atoms with Gasteiger partial charge in [-0.2, -0.15) is 0 Å². The molecule has 0 unspecified atom stereocenters. The first kappa shape index (κ1) is 9.03. The molecule has 12 heavy (non-hydrogen) atoms. The fourth-order valence-electron chi connectivity index (χ4n) is 0.935. The number of carboxylic acids is 1. The van der Waals surface area contributed by atoms with Gasteiger partial charge in [-0.3, -0.25) is 0 Å². The maximum absolute atomic E-state index is 10.4. The van der Waals surface area contributed by atoms with E-state index in [0.717, 1.165) is 0 Å². The van der Waals surface area contributed by atoms with Gasteiger partial charge in [0.1, 0.15) is 6.61 Å². The van der Waals surface area contributed by atoms with E-state index in [2.05, 4.69) is 4.99 Å². The van der Waals surface area contributed by atoms with Crippen molar-refractivity contribution in [3.63, 3.8) is 0 Å². The zero-order valence-electron chi connectivity index (χ0n) is 7.50. The molecule has 0 aliphatic carbocycles. The maximum Gasteiger partial charge on any atom is 0.391 e. The Morgan fingerprint density at radius 2 is 2.25 bits per heavy atom. The van der Waals surface area contributed by atoms with Crippen LogP contribution in [-0.4, -0.2) is 29.6 Å². The van der Waals surface area contributed by atoms with E-state index in [0.29, 0.717) is 6.61 Å². The van der Waals surface area contributed by atoms with Crippen LogP contribution in [0, 0.1) is 5.41 Å². The topological polar surface area (TPSA) is 58.9 Å². The fourth-order valence-corrected chi connectivity index (χ4v) is 0.935. The normalized spacial score (nSPS) is 23.2. The number of hydrogen-bond acceptors (Lipinski definition) is 3. The van der Waals surface area contributed by atoms with Crippen LogP contribution in [0.3, 0.4) is 0 Å². The first-order valence-corrected chi connectivity index (χ1v) is 3.85. The summed E-state index contributed by atoms with van der Waals surface area (Å²) in [5.41, 5.74) is -0.0306. The smallest absolute Gasteiger partial charge is 0.391 e. The van der Waals surface area contributed by atoms with Crippen LogP contribution >= 0.6 is 0 Å². The van der Waals surface area contributed by atoms with Crippen molar-refractivity contribution < 1.29 is 14.6 Å². The molecule has 68 valence electrons. The molecule has 0 saturated heterocycles. The van der Waals surface area contributed by atoms with E-state index in [4.69, 9.17) is 9.84 Å². The van der Waals surface area contributed by atoms with Gasteiger partial charge in [-0.15, -0.1) is 0 Å². The van der Waals surface area contributed by atoms with Crippen molar-refractivity contribution in [2.75, 3.05) is 6.61 Å². The van der Waals surface area contributed by atoms with E-state index in [1.807, 2.05) is 20.8 Å². The minimum absolute atomic E-state index is 0.0306. The summed E-state index contributed by atoms with van der Waals surface area (Å²) in [4.78, 5) is 14.4. The highest BCUT2D eigenvalue weighted by Gasteiger charge is 2.32. The molecule has 0 bridgehead atoms. The summed E-state index contributed by atoms with van der Waals surface area (Å²) in [6.07, 6.45) is 0. The molecule has 1 N–H and O–H groups in total. The second kappa shape index (κ2) is 2.77. The summed E-state index contributed by atoms with van der Waals surface area (Å²) in [7, 11) is 0. The van der Waals surface area contributed by atoms with Gasteiger partial charge in [-0.25, -0.2) is 9.79 Å². The quantitative estimate of drug-likeness (QED) is 0.638. The molecule has 0 aromatic carbocycles. The summed E-state index contributed by atoms with van der Waals surface area (Å²) in [6, 6.07) is -0.0383. The summed E-state index contributed by atoms with van der Waals surface area (Å²) >= 11 is 0. The molecule has 0 saturated carbocycles. The lowest BCUT2D eigenvalue weighted by Gasteiger charge is -2.21. The van der Waals surface area contributed by atoms with Crippen LogP contribution in [0.5, 0.6) is 0 Å². The van der Waals surface area contributed by atoms with Crippen molar-refractivity contribution in [3.8, 4) is 0 Å². The van der Waals surface area contributed by atoms with Gasteiger partial charge in [-0.05, 0) is 5.41 Å². The monoisotopic (exact) mass is 171 g/mol. The Hall–Kier alpha value is -1.06. The second-order valence-electron chi connectivity index (χ2n) is 3.93. The third kappa shape index (κ3) is 1.75. The molecule has 4 nitrogen and oxygen atoms in total. The van der Waals surface area contributed by atoms with Crippen molar-refractivity contribution in [3.05, 3.63) is 0 Å². The van der Waals surface area contributed by atoms with Crippen LogP contribution in [0.1, 0.15) is 20.8 Å². The average Bonchev–Trinajstić information content (AvgIpc) is 2.30. The van der Waals surface area contributed by atoms with Gasteiger partial charge < -0.3 is 9.84 Å². The molecule has 1 atom stereocenters. The number of aliphatic imine (C=N–C) groups is 1. The average molecular weight is 171 g/mol. The van der Waals surface area contributed by atoms with Gasteiger partial charge in [-0.1, -0.05) is 20.8 Å². The summed E-state index contributed by atoms with van der Waals surface area (Å²) in [6.45, 7) is 6.41. The Labute approximate surface area is 71.3 Å². The Bertz CT molecular complexity index is 227. The Morgan fingerprint density at radius 1 is 1.67 bits per heavy atom. The van der Waals surface area contributed by atoms with Crippen molar-refractivity contribution in [1.82, 2.24) is 0 Å². The molecular formula is C8H13NO3. The van der Waals surface area contributed by atoms with Gasteiger partial charge in [0, 0.05) is 0 Å². The second-order valence-corrected chi connectivity index (χ2v) is 3.93. The lowest BCUT2D eigenvalue weighted by atomic mass is 9.88. The molecular weight excluding hydrogens is 158 g/mol. The van der Waals surface area contributed by atoms with Crippen molar-refractivity contribution in [2.24, 2.45) is 10.4 Å². The molecule has 0 radical (unpaired) electrons.